The molecule has 2 aromatic rings. The lowest BCUT2D eigenvalue weighted by atomic mass is 10.4. The molecule has 0 bridgehead atoms. The Hall–Kier alpha value is -2.27. The SMILES string of the molecule is O=C(O)c1cn[nH]c1S(=O)(=O)NCCc1ncn[nH]1. The van der Waals surface area contributed by atoms with Gasteiger partial charge in [-0.25, -0.2) is 22.9 Å². The van der Waals surface area contributed by atoms with Crippen molar-refractivity contribution in [2.24, 2.45) is 0 Å². The van der Waals surface area contributed by atoms with Gasteiger partial charge in [-0.3, -0.25) is 10.2 Å². The molecule has 2 rings (SSSR count). The van der Waals surface area contributed by atoms with Crippen molar-refractivity contribution >= 4 is 16.0 Å². The van der Waals surface area contributed by atoms with Crippen LogP contribution in [0.3, 0.4) is 0 Å². The Morgan fingerprint density at radius 3 is 2.79 bits per heavy atom. The number of carboxylic acid groups (broad SMARTS) is 1. The van der Waals surface area contributed by atoms with Crippen molar-refractivity contribution in [1.29, 1.82) is 0 Å². The van der Waals surface area contributed by atoms with Crippen molar-refractivity contribution < 1.29 is 18.3 Å². The number of nitrogens with one attached hydrogen (secondary N) is 3. The lowest BCUT2D eigenvalue weighted by Crippen LogP contribution is -2.28. The molecule has 102 valence electrons. The van der Waals surface area contributed by atoms with Gasteiger partial charge in [0.05, 0.1) is 6.20 Å². The molecule has 0 aliphatic carbocycles. The van der Waals surface area contributed by atoms with E-state index in [1.165, 1.54) is 6.33 Å². The number of carbonyl (C=O) groups is 1. The minimum absolute atomic E-state index is 0.0512. The number of aromatic carboxylic acids is 1. The number of hydrogen-bond acceptors (Lipinski definition) is 6. The Bertz CT molecular complexity index is 661. The Kier molecular flexibility index (Phi) is 3.57. The molecule has 0 atom stereocenters. The summed E-state index contributed by atoms with van der Waals surface area (Å²) in [5.74, 6) is -0.852. The molecule has 4 N–H and O–H groups in total. The molecule has 11 heteroatoms. The molecule has 0 aliphatic rings. The number of nitrogens with zero attached hydrogens (tertiary/aromatic N) is 3. The summed E-state index contributed by atoms with van der Waals surface area (Å²) >= 11 is 0. The summed E-state index contributed by atoms with van der Waals surface area (Å²) in [7, 11) is -3.96. The van der Waals surface area contributed by atoms with Crippen LogP contribution >= 0.6 is 0 Å². The van der Waals surface area contributed by atoms with Gasteiger partial charge in [0.15, 0.2) is 5.03 Å². The van der Waals surface area contributed by atoms with Crippen molar-refractivity contribution in [2.45, 2.75) is 11.4 Å². The molecular weight excluding hydrogens is 276 g/mol. The van der Waals surface area contributed by atoms with E-state index in [-0.39, 0.29) is 6.54 Å². The first-order chi connectivity index (χ1) is 9.00. The first kappa shape index (κ1) is 13.2. The Morgan fingerprint density at radius 2 is 2.16 bits per heavy atom. The van der Waals surface area contributed by atoms with Gasteiger partial charge in [0.1, 0.15) is 17.7 Å². The minimum Gasteiger partial charge on any atom is -0.478 e. The second kappa shape index (κ2) is 5.16. The van der Waals surface area contributed by atoms with Crippen LogP contribution in [0.4, 0.5) is 0 Å². The van der Waals surface area contributed by atoms with E-state index in [1.54, 1.807) is 0 Å². The number of hydrogen-bond donors (Lipinski definition) is 4. The average molecular weight is 286 g/mol. The summed E-state index contributed by atoms with van der Waals surface area (Å²) in [5.41, 5.74) is -0.410. The number of aromatic nitrogens is 5. The van der Waals surface area contributed by atoms with Crippen molar-refractivity contribution in [2.75, 3.05) is 6.54 Å². The Labute approximate surface area is 107 Å². The molecule has 0 radical (unpaired) electrons. The highest BCUT2D eigenvalue weighted by molar-refractivity contribution is 7.89. The third-order valence-corrected chi connectivity index (χ3v) is 3.66. The van der Waals surface area contributed by atoms with Gasteiger partial charge in [0.2, 0.25) is 0 Å². The van der Waals surface area contributed by atoms with Crippen LogP contribution in [-0.2, 0) is 16.4 Å². The van der Waals surface area contributed by atoms with E-state index in [1.807, 2.05) is 0 Å². The van der Waals surface area contributed by atoms with Crippen molar-refractivity contribution in [1.82, 2.24) is 30.1 Å². The number of H-pyrrole nitrogens is 2. The molecule has 0 unspecified atom stereocenters. The predicted molar refractivity (Wildman–Crippen MR) is 60.8 cm³/mol. The predicted octanol–water partition coefficient (Wildman–Crippen LogP) is -1.25. The van der Waals surface area contributed by atoms with Crippen LogP contribution in [-0.4, -0.2) is 51.4 Å². The van der Waals surface area contributed by atoms with Gasteiger partial charge < -0.3 is 5.11 Å². The summed E-state index contributed by atoms with van der Waals surface area (Å²) < 4.78 is 26.0. The Morgan fingerprint density at radius 1 is 1.37 bits per heavy atom. The number of carboxylic acids is 1. The largest absolute Gasteiger partial charge is 0.478 e. The molecule has 2 aromatic heterocycles. The van der Waals surface area contributed by atoms with Gasteiger partial charge in [0.25, 0.3) is 10.0 Å². The van der Waals surface area contributed by atoms with Gasteiger partial charge in [-0.1, -0.05) is 0 Å². The fourth-order valence-electron chi connectivity index (χ4n) is 1.36. The van der Waals surface area contributed by atoms with Crippen LogP contribution in [0.15, 0.2) is 17.6 Å². The molecule has 0 amide bonds. The molecule has 0 spiro atoms. The van der Waals surface area contributed by atoms with Crippen molar-refractivity contribution in [3.8, 4) is 0 Å². The van der Waals surface area contributed by atoms with Gasteiger partial charge in [0, 0.05) is 13.0 Å². The second-order valence-electron chi connectivity index (χ2n) is 3.50. The smallest absolute Gasteiger partial charge is 0.340 e. The maximum atomic E-state index is 11.9. The lowest BCUT2D eigenvalue weighted by Gasteiger charge is -2.04. The van der Waals surface area contributed by atoms with Crippen molar-refractivity contribution in [3.63, 3.8) is 0 Å². The minimum atomic E-state index is -3.96. The quantitative estimate of drug-likeness (QED) is 0.517. The summed E-state index contributed by atoms with van der Waals surface area (Å²) in [5, 5.41) is 20.1. The molecule has 0 saturated heterocycles. The van der Waals surface area contributed by atoms with Crippen LogP contribution in [0.5, 0.6) is 0 Å². The van der Waals surface area contributed by atoms with E-state index < -0.39 is 26.6 Å². The van der Waals surface area contributed by atoms with E-state index in [9.17, 15) is 13.2 Å². The monoisotopic (exact) mass is 286 g/mol. The second-order valence-corrected chi connectivity index (χ2v) is 5.20. The molecule has 0 aromatic carbocycles. The highest BCUT2D eigenvalue weighted by Crippen LogP contribution is 2.11. The van der Waals surface area contributed by atoms with E-state index in [4.69, 9.17) is 5.11 Å². The van der Waals surface area contributed by atoms with E-state index in [2.05, 4.69) is 30.1 Å². The third kappa shape index (κ3) is 2.95. The first-order valence-corrected chi connectivity index (χ1v) is 6.59. The van der Waals surface area contributed by atoms with Gasteiger partial charge >= 0.3 is 5.97 Å². The molecule has 19 heavy (non-hydrogen) atoms. The Balaban J connectivity index is 2.06. The average Bonchev–Trinajstić information content (AvgIpc) is 2.99. The van der Waals surface area contributed by atoms with E-state index in [0.717, 1.165) is 6.20 Å². The van der Waals surface area contributed by atoms with Crippen LogP contribution in [0.1, 0.15) is 16.2 Å². The summed E-state index contributed by atoms with van der Waals surface area (Å²) in [6.45, 7) is 0.0512. The van der Waals surface area contributed by atoms with Gasteiger partial charge in [-0.05, 0) is 0 Å². The third-order valence-electron chi connectivity index (χ3n) is 2.22. The van der Waals surface area contributed by atoms with E-state index in [0.29, 0.717) is 12.2 Å². The standard InChI is InChI=1S/C8H10N6O4S/c15-8(16)5-3-10-14-7(5)19(17,18)12-2-1-6-9-4-11-13-6/h3-4,12H,1-2H2,(H,10,14)(H,15,16)(H,9,11,13). The summed E-state index contributed by atoms with van der Waals surface area (Å²) in [4.78, 5) is 14.6. The van der Waals surface area contributed by atoms with E-state index >= 15 is 0 Å². The molecule has 0 aliphatic heterocycles. The summed E-state index contributed by atoms with van der Waals surface area (Å²) in [6.07, 6.45) is 2.55. The molecular formula is C8H10N6O4S. The molecule has 0 saturated carbocycles. The molecule has 2 heterocycles. The normalized spacial score (nSPS) is 11.6. The van der Waals surface area contributed by atoms with Gasteiger partial charge in [-0.2, -0.15) is 10.2 Å². The topological polar surface area (TPSA) is 154 Å². The van der Waals surface area contributed by atoms with Gasteiger partial charge in [-0.15, -0.1) is 0 Å². The zero-order chi connectivity index (χ0) is 13.9. The maximum absolute atomic E-state index is 11.9. The number of sulfonamides is 1. The van der Waals surface area contributed by atoms with Crippen LogP contribution in [0.25, 0.3) is 0 Å². The zero-order valence-electron chi connectivity index (χ0n) is 9.49. The summed E-state index contributed by atoms with van der Waals surface area (Å²) in [6, 6.07) is 0. The fraction of sp³-hybridized carbons (Fsp3) is 0.250. The lowest BCUT2D eigenvalue weighted by molar-refractivity contribution is 0.0692. The zero-order valence-corrected chi connectivity index (χ0v) is 10.3. The number of rotatable bonds is 6. The van der Waals surface area contributed by atoms with Crippen LogP contribution in [0.2, 0.25) is 0 Å². The molecule has 10 nitrogen and oxygen atoms in total. The fourth-order valence-corrected chi connectivity index (χ4v) is 2.48. The molecule has 0 fully saturated rings. The maximum Gasteiger partial charge on any atom is 0.340 e. The highest BCUT2D eigenvalue weighted by Gasteiger charge is 2.24. The first-order valence-electron chi connectivity index (χ1n) is 5.11. The number of aromatic amines is 2. The van der Waals surface area contributed by atoms with Crippen LogP contribution < -0.4 is 4.72 Å². The van der Waals surface area contributed by atoms with Crippen LogP contribution in [0, 0.1) is 0 Å². The van der Waals surface area contributed by atoms with Crippen molar-refractivity contribution in [3.05, 3.63) is 23.9 Å². The highest BCUT2D eigenvalue weighted by atomic mass is 32.2.